The van der Waals surface area contributed by atoms with Crippen molar-refractivity contribution in [1.29, 1.82) is 0 Å². The summed E-state index contributed by atoms with van der Waals surface area (Å²) < 4.78 is 7.15. The molecule has 1 aliphatic rings. The number of esters is 1. The maximum absolute atomic E-state index is 12.1. The molecule has 1 fully saturated rings. The number of nitrogen functional groups attached to an aromatic ring is 1. The van der Waals surface area contributed by atoms with E-state index in [4.69, 9.17) is 10.5 Å². The number of hydrogen-bond donors (Lipinski definition) is 1. The van der Waals surface area contributed by atoms with Gasteiger partial charge in [0.1, 0.15) is 6.10 Å². The highest BCUT2D eigenvalue weighted by Gasteiger charge is 2.22. The van der Waals surface area contributed by atoms with Gasteiger partial charge in [0.05, 0.1) is 11.9 Å². The summed E-state index contributed by atoms with van der Waals surface area (Å²) in [5.74, 6) is -0.334. The fourth-order valence-corrected chi connectivity index (χ4v) is 2.43. The van der Waals surface area contributed by atoms with Crippen LogP contribution in [0.15, 0.2) is 6.20 Å². The summed E-state index contributed by atoms with van der Waals surface area (Å²) in [7, 11) is 0. The molecule has 0 aromatic carbocycles. The van der Waals surface area contributed by atoms with E-state index in [1.54, 1.807) is 4.68 Å². The van der Waals surface area contributed by atoms with Crippen molar-refractivity contribution in [3.05, 3.63) is 11.9 Å². The number of rotatable bonds is 3. The van der Waals surface area contributed by atoms with E-state index in [-0.39, 0.29) is 12.1 Å². The van der Waals surface area contributed by atoms with E-state index in [1.807, 2.05) is 6.92 Å². The Kier molecular flexibility index (Phi) is 4.23. The Bertz CT molecular complexity index is 406. The minimum atomic E-state index is -0.334. The number of anilines is 1. The third kappa shape index (κ3) is 2.83. The van der Waals surface area contributed by atoms with Gasteiger partial charge in [-0.05, 0) is 32.6 Å². The normalized spacial score (nSPS) is 17.4. The Morgan fingerprint density at radius 3 is 2.72 bits per heavy atom. The highest BCUT2D eigenvalue weighted by molar-refractivity contribution is 5.93. The van der Waals surface area contributed by atoms with Gasteiger partial charge in [0, 0.05) is 6.54 Å². The molecule has 0 unspecified atom stereocenters. The number of aryl methyl sites for hydroxylation is 1. The third-order valence-corrected chi connectivity index (χ3v) is 3.44. The van der Waals surface area contributed by atoms with Gasteiger partial charge in [-0.1, -0.05) is 12.8 Å². The molecule has 100 valence electrons. The molecule has 1 saturated carbocycles. The second kappa shape index (κ2) is 5.89. The van der Waals surface area contributed by atoms with Crippen LogP contribution in [0.4, 0.5) is 5.69 Å². The summed E-state index contributed by atoms with van der Waals surface area (Å²) in [6, 6.07) is 0. The maximum atomic E-state index is 12.1. The molecule has 5 heteroatoms. The van der Waals surface area contributed by atoms with E-state index in [9.17, 15) is 4.79 Å². The third-order valence-electron chi connectivity index (χ3n) is 3.44. The summed E-state index contributed by atoms with van der Waals surface area (Å²) in [4.78, 5) is 12.1. The van der Waals surface area contributed by atoms with E-state index >= 15 is 0 Å². The largest absolute Gasteiger partial charge is 0.458 e. The highest BCUT2D eigenvalue weighted by Crippen LogP contribution is 2.22. The van der Waals surface area contributed by atoms with Gasteiger partial charge in [-0.25, -0.2) is 4.79 Å². The van der Waals surface area contributed by atoms with Crippen LogP contribution in [0.3, 0.4) is 0 Å². The van der Waals surface area contributed by atoms with Crippen LogP contribution in [-0.4, -0.2) is 21.9 Å². The topological polar surface area (TPSA) is 70.1 Å². The second-order valence-corrected chi connectivity index (χ2v) is 4.78. The summed E-state index contributed by atoms with van der Waals surface area (Å²) in [5, 5.41) is 4.06. The number of nitrogens with zero attached hydrogens (tertiary/aromatic N) is 2. The van der Waals surface area contributed by atoms with Crippen LogP contribution in [0, 0.1) is 0 Å². The van der Waals surface area contributed by atoms with E-state index in [0.717, 1.165) is 25.7 Å². The Balaban J connectivity index is 2.04. The van der Waals surface area contributed by atoms with Crippen molar-refractivity contribution >= 4 is 11.7 Å². The predicted molar refractivity (Wildman–Crippen MR) is 69.2 cm³/mol. The first-order valence-corrected chi connectivity index (χ1v) is 6.74. The minimum absolute atomic E-state index is 0.0413. The summed E-state index contributed by atoms with van der Waals surface area (Å²) >= 11 is 0. The van der Waals surface area contributed by atoms with Gasteiger partial charge in [0.25, 0.3) is 0 Å². The lowest BCUT2D eigenvalue weighted by molar-refractivity contribution is 0.0254. The number of hydrogen-bond acceptors (Lipinski definition) is 4. The molecular formula is C13H21N3O2. The molecule has 2 N–H and O–H groups in total. The van der Waals surface area contributed by atoms with E-state index in [1.165, 1.54) is 19.0 Å². The number of carbonyl (C=O) groups excluding carboxylic acids is 1. The molecule has 1 aliphatic carbocycles. The molecule has 18 heavy (non-hydrogen) atoms. The van der Waals surface area contributed by atoms with Crippen molar-refractivity contribution in [3.63, 3.8) is 0 Å². The molecule has 0 bridgehead atoms. The first kappa shape index (κ1) is 12.9. The molecule has 0 radical (unpaired) electrons. The lowest BCUT2D eigenvalue weighted by atomic mass is 10.1. The smallest absolute Gasteiger partial charge is 0.359 e. The Morgan fingerprint density at radius 1 is 1.44 bits per heavy atom. The van der Waals surface area contributed by atoms with Crippen molar-refractivity contribution in [2.75, 3.05) is 5.73 Å². The molecule has 0 saturated heterocycles. The first-order chi connectivity index (χ1) is 8.72. The highest BCUT2D eigenvalue weighted by atomic mass is 16.5. The van der Waals surface area contributed by atoms with Crippen LogP contribution in [0.1, 0.15) is 55.9 Å². The molecule has 0 amide bonds. The van der Waals surface area contributed by atoms with Crippen LogP contribution in [-0.2, 0) is 11.3 Å². The van der Waals surface area contributed by atoms with Crippen molar-refractivity contribution in [2.45, 2.75) is 58.1 Å². The summed E-state index contributed by atoms with van der Waals surface area (Å²) in [6.07, 6.45) is 8.23. The fourth-order valence-electron chi connectivity index (χ4n) is 2.43. The van der Waals surface area contributed by atoms with Crippen molar-refractivity contribution in [3.8, 4) is 0 Å². The quantitative estimate of drug-likeness (QED) is 0.661. The number of nitrogens with two attached hydrogens (primary N) is 1. The van der Waals surface area contributed by atoms with Crippen LogP contribution < -0.4 is 5.73 Å². The second-order valence-electron chi connectivity index (χ2n) is 4.78. The molecule has 5 nitrogen and oxygen atoms in total. The molecule has 2 rings (SSSR count). The molecular weight excluding hydrogens is 230 g/mol. The van der Waals surface area contributed by atoms with Gasteiger partial charge >= 0.3 is 5.97 Å². The summed E-state index contributed by atoms with van der Waals surface area (Å²) in [6.45, 7) is 2.54. The van der Waals surface area contributed by atoms with E-state index in [0.29, 0.717) is 17.9 Å². The van der Waals surface area contributed by atoms with E-state index < -0.39 is 0 Å². The van der Waals surface area contributed by atoms with Gasteiger partial charge in [0.15, 0.2) is 5.69 Å². The molecule has 0 spiro atoms. The predicted octanol–water partition coefficient (Wildman–Crippen LogP) is 2.36. The SMILES string of the molecule is CCn1ncc(N)c1C(=O)OC1CCCCCC1. The van der Waals surface area contributed by atoms with Crippen molar-refractivity contribution in [2.24, 2.45) is 0 Å². The van der Waals surface area contributed by atoms with E-state index in [2.05, 4.69) is 5.10 Å². The molecule has 0 atom stereocenters. The van der Waals surface area contributed by atoms with Gasteiger partial charge in [0.2, 0.25) is 0 Å². The molecule has 1 aromatic rings. The average Bonchev–Trinajstić information content (AvgIpc) is 2.57. The zero-order chi connectivity index (χ0) is 13.0. The Morgan fingerprint density at radius 2 is 2.11 bits per heavy atom. The zero-order valence-electron chi connectivity index (χ0n) is 10.9. The monoisotopic (exact) mass is 251 g/mol. The average molecular weight is 251 g/mol. The van der Waals surface area contributed by atoms with Crippen LogP contribution in [0.25, 0.3) is 0 Å². The van der Waals surface area contributed by atoms with Gasteiger partial charge in [-0.3, -0.25) is 4.68 Å². The number of aromatic nitrogens is 2. The molecule has 1 heterocycles. The first-order valence-electron chi connectivity index (χ1n) is 6.74. The van der Waals surface area contributed by atoms with Crippen molar-refractivity contribution < 1.29 is 9.53 Å². The molecule has 1 aromatic heterocycles. The molecule has 0 aliphatic heterocycles. The maximum Gasteiger partial charge on any atom is 0.359 e. The van der Waals surface area contributed by atoms with Gasteiger partial charge in [-0.15, -0.1) is 0 Å². The standard InChI is InChI=1S/C13H21N3O2/c1-2-16-12(11(14)9-15-16)13(17)18-10-7-5-3-4-6-8-10/h9-10H,2-8,14H2,1H3. The lowest BCUT2D eigenvalue weighted by Gasteiger charge is -2.16. The Hall–Kier alpha value is -1.52. The zero-order valence-corrected chi connectivity index (χ0v) is 10.9. The Labute approximate surface area is 107 Å². The van der Waals surface area contributed by atoms with Crippen molar-refractivity contribution in [1.82, 2.24) is 9.78 Å². The van der Waals surface area contributed by atoms with Gasteiger partial charge in [-0.2, -0.15) is 5.10 Å². The number of carbonyl (C=O) groups is 1. The number of ether oxygens (including phenoxy) is 1. The van der Waals surface area contributed by atoms with Crippen LogP contribution in [0.2, 0.25) is 0 Å². The fraction of sp³-hybridized carbons (Fsp3) is 0.692. The van der Waals surface area contributed by atoms with Crippen LogP contribution >= 0.6 is 0 Å². The van der Waals surface area contributed by atoms with Crippen LogP contribution in [0.5, 0.6) is 0 Å². The summed E-state index contributed by atoms with van der Waals surface area (Å²) in [5.41, 5.74) is 6.56. The lowest BCUT2D eigenvalue weighted by Crippen LogP contribution is -2.21. The van der Waals surface area contributed by atoms with Gasteiger partial charge < -0.3 is 10.5 Å². The minimum Gasteiger partial charge on any atom is -0.458 e.